The molecule has 2 fully saturated rings. The van der Waals surface area contributed by atoms with Gasteiger partial charge in [0.05, 0.1) is 24.7 Å². The van der Waals surface area contributed by atoms with E-state index in [0.717, 1.165) is 32.1 Å². The van der Waals surface area contributed by atoms with E-state index in [-0.39, 0.29) is 53.5 Å². The van der Waals surface area contributed by atoms with E-state index in [1.54, 1.807) is 38.1 Å². The molecular weight excluding hydrogens is 765 g/mol. The summed E-state index contributed by atoms with van der Waals surface area (Å²) in [5.41, 5.74) is 6.26. The van der Waals surface area contributed by atoms with Crippen LogP contribution >= 0.6 is 0 Å². The van der Waals surface area contributed by atoms with E-state index < -0.39 is 54.2 Å². The number of hydrogen-bond acceptors (Lipinski definition) is 9. The summed E-state index contributed by atoms with van der Waals surface area (Å²) in [6.07, 6.45) is 8.12. The number of rotatable bonds is 19. The monoisotopic (exact) mass is 851 g/mol. The van der Waals surface area contributed by atoms with Crippen LogP contribution in [0, 0.1) is 35.5 Å². The van der Waals surface area contributed by atoms with Crippen LogP contribution in [0.2, 0.25) is 0 Å². The lowest BCUT2D eigenvalue weighted by molar-refractivity contribution is -0.144. The van der Waals surface area contributed by atoms with Crippen LogP contribution in [-0.4, -0.2) is 109 Å². The lowest BCUT2D eigenvalue weighted by Crippen LogP contribution is -2.57. The minimum atomic E-state index is -1.10. The number of hydrogen-bond donors (Lipinski definition) is 4. The number of likely N-dealkylation sites (tertiary alicyclic amines) is 1. The van der Waals surface area contributed by atoms with Gasteiger partial charge in [0, 0.05) is 33.5 Å². The molecule has 14 nitrogen and oxygen atoms in total. The topological polar surface area (TPSA) is 197 Å². The molecule has 2 rings (SSSR count). The molecule has 8 atom stereocenters. The zero-order valence-corrected chi connectivity index (χ0v) is 40.3. The Labute approximate surface area is 364 Å². The van der Waals surface area contributed by atoms with Crippen molar-refractivity contribution in [1.82, 2.24) is 25.8 Å². The van der Waals surface area contributed by atoms with E-state index in [1.165, 1.54) is 11.8 Å². The zero-order valence-electron chi connectivity index (χ0n) is 40.3. The maximum atomic E-state index is 14.0. The average Bonchev–Trinajstić information content (AvgIpc) is 3.96. The van der Waals surface area contributed by atoms with Crippen molar-refractivity contribution in [2.75, 3.05) is 27.2 Å². The number of carbonyl (C=O) groups excluding carboxylic acids is 7. The van der Waals surface area contributed by atoms with Gasteiger partial charge in [-0.2, -0.15) is 0 Å². The third-order valence-corrected chi connectivity index (χ3v) is 9.82. The molecule has 5 N–H and O–H groups in total. The van der Waals surface area contributed by atoms with Crippen LogP contribution < -0.4 is 21.7 Å². The SMILES string of the molecule is C=CC.C=CC(C)C(NC(=O)CNC(=O)C(=O)C(CC1CC1)NC(=O)C1[C@@H](CC(C)CCC)[C@@H](C)CN1C(=O)C(N)C(C)C)C(=O)N(C)C.CC.CC.CC(=O)OC(C)C. The predicted molar refractivity (Wildman–Crippen MR) is 242 cm³/mol. The maximum absolute atomic E-state index is 14.0. The molecule has 1 heterocycles. The standard InChI is InChI=1S/C34H58N6O6.C5H10O2.C3H6.2C2H6/c1-10-12-20(5)15-24-22(7)18-40(33(45)27(35)19(3)4)29(24)31(43)37-25(16-23-13-14-23)30(42)32(44)36-17-26(41)38-28(21(6)11-2)34(46)39(8)9;1-4(2)7-5(3)6;1-3-2;2*1-2/h11,19-25,27-29H,2,10,12-18,35H2,1,3-9H3,(H,36,44)(H,37,43)(H,38,41);4H,1-3H3;3H,1H2,2H3;2*1-2H3/t20?,21?,22-,24-,25?,27?,28?,29?;;;;/m0..../s1. The molecule has 1 saturated carbocycles. The fourth-order valence-electron chi connectivity index (χ4n) is 6.55. The van der Waals surface area contributed by atoms with Crippen molar-refractivity contribution in [3.63, 3.8) is 0 Å². The fraction of sp³-hybridized carbons (Fsp3) is 0.761. The Bertz CT molecular complexity index is 1330. The molecule has 0 aromatic heterocycles. The van der Waals surface area contributed by atoms with E-state index in [0.29, 0.717) is 18.9 Å². The largest absolute Gasteiger partial charge is 0.463 e. The van der Waals surface area contributed by atoms with Crippen molar-refractivity contribution in [1.29, 1.82) is 0 Å². The first kappa shape index (κ1) is 60.2. The molecular formula is C46H86N6O8. The second-order valence-electron chi connectivity index (χ2n) is 16.2. The highest BCUT2D eigenvalue weighted by Gasteiger charge is 2.48. The number of allylic oxidation sites excluding steroid dienone is 1. The number of ether oxygens (including phenoxy) is 1. The number of nitrogens with zero attached hydrogens (tertiary/aromatic N) is 2. The van der Waals surface area contributed by atoms with Crippen LogP contribution in [0.25, 0.3) is 0 Å². The third kappa shape index (κ3) is 23.1. The van der Waals surface area contributed by atoms with E-state index >= 15 is 0 Å². The van der Waals surface area contributed by atoms with Crippen LogP contribution in [-0.2, 0) is 38.3 Å². The van der Waals surface area contributed by atoms with E-state index in [9.17, 15) is 33.6 Å². The second-order valence-corrected chi connectivity index (χ2v) is 16.2. The molecule has 1 aliphatic carbocycles. The lowest BCUT2D eigenvalue weighted by Gasteiger charge is -2.32. The Hall–Kier alpha value is -4.07. The van der Waals surface area contributed by atoms with Crippen LogP contribution in [0.1, 0.15) is 135 Å². The number of amides is 5. The normalized spacial score (nSPS) is 18.9. The van der Waals surface area contributed by atoms with Gasteiger partial charge >= 0.3 is 5.97 Å². The number of carbonyl (C=O) groups is 7. The minimum absolute atomic E-state index is 0.0255. The molecule has 6 unspecified atom stereocenters. The van der Waals surface area contributed by atoms with Gasteiger partial charge < -0.3 is 36.2 Å². The Kier molecular flexibility index (Phi) is 32.8. The van der Waals surface area contributed by atoms with Gasteiger partial charge in [0.25, 0.3) is 5.91 Å². The Morgan fingerprint density at radius 1 is 0.917 bits per heavy atom. The van der Waals surface area contributed by atoms with Gasteiger partial charge in [-0.05, 0) is 63.2 Å². The molecule has 1 aliphatic heterocycles. The first-order valence-corrected chi connectivity index (χ1v) is 22.1. The van der Waals surface area contributed by atoms with Crippen LogP contribution in [0.4, 0.5) is 0 Å². The highest BCUT2D eigenvalue weighted by Crippen LogP contribution is 2.37. The molecule has 348 valence electrons. The van der Waals surface area contributed by atoms with Gasteiger partial charge in [0.2, 0.25) is 29.4 Å². The van der Waals surface area contributed by atoms with Crippen molar-refractivity contribution in [3.8, 4) is 0 Å². The van der Waals surface area contributed by atoms with Gasteiger partial charge in [-0.1, -0.05) is 107 Å². The van der Waals surface area contributed by atoms with E-state index in [2.05, 4.69) is 47.7 Å². The van der Waals surface area contributed by atoms with Gasteiger partial charge in [0.15, 0.2) is 0 Å². The average molecular weight is 851 g/mol. The van der Waals surface area contributed by atoms with Crippen LogP contribution in [0.5, 0.6) is 0 Å². The first-order valence-electron chi connectivity index (χ1n) is 22.1. The van der Waals surface area contributed by atoms with Crippen LogP contribution in [0.3, 0.4) is 0 Å². The summed E-state index contributed by atoms with van der Waals surface area (Å²) in [4.78, 5) is 92.2. The van der Waals surface area contributed by atoms with E-state index in [4.69, 9.17) is 5.73 Å². The number of ketones is 1. The molecule has 14 heteroatoms. The smallest absolute Gasteiger partial charge is 0.302 e. The Morgan fingerprint density at radius 2 is 1.45 bits per heavy atom. The summed E-state index contributed by atoms with van der Waals surface area (Å²) < 4.78 is 4.61. The molecule has 60 heavy (non-hydrogen) atoms. The molecule has 5 amide bonds. The molecule has 0 spiro atoms. The number of likely N-dealkylation sites (N-methyl/N-ethyl adjacent to an activating group) is 1. The van der Waals surface area contributed by atoms with Crippen molar-refractivity contribution in [2.45, 2.75) is 166 Å². The molecule has 0 radical (unpaired) electrons. The summed E-state index contributed by atoms with van der Waals surface area (Å²) in [6.45, 7) is 33.6. The zero-order chi connectivity index (χ0) is 47.4. The Morgan fingerprint density at radius 3 is 1.85 bits per heavy atom. The summed E-state index contributed by atoms with van der Waals surface area (Å²) >= 11 is 0. The van der Waals surface area contributed by atoms with Crippen molar-refractivity contribution >= 4 is 41.3 Å². The molecule has 2 aliphatic rings. The van der Waals surface area contributed by atoms with Crippen molar-refractivity contribution in [2.24, 2.45) is 41.2 Å². The quantitative estimate of drug-likeness (QED) is 0.0703. The van der Waals surface area contributed by atoms with Gasteiger partial charge in [-0.3, -0.25) is 33.6 Å². The van der Waals surface area contributed by atoms with Gasteiger partial charge in [0.1, 0.15) is 12.1 Å². The van der Waals surface area contributed by atoms with E-state index in [1.807, 2.05) is 69.2 Å². The molecule has 0 aromatic carbocycles. The van der Waals surface area contributed by atoms with Gasteiger partial charge in [-0.25, -0.2) is 0 Å². The maximum Gasteiger partial charge on any atom is 0.302 e. The lowest BCUT2D eigenvalue weighted by atomic mass is 9.82. The summed E-state index contributed by atoms with van der Waals surface area (Å²) in [5, 5.41) is 7.80. The minimum Gasteiger partial charge on any atom is -0.463 e. The summed E-state index contributed by atoms with van der Waals surface area (Å²) in [7, 11) is 3.14. The fourth-order valence-corrected chi connectivity index (χ4v) is 6.55. The highest BCUT2D eigenvalue weighted by atomic mass is 16.5. The summed E-state index contributed by atoms with van der Waals surface area (Å²) in [6, 6.07) is -3.57. The molecule has 0 bridgehead atoms. The highest BCUT2D eigenvalue weighted by molar-refractivity contribution is 6.38. The second kappa shape index (κ2) is 32.7. The molecule has 1 saturated heterocycles. The van der Waals surface area contributed by atoms with Crippen molar-refractivity contribution < 1.29 is 38.3 Å². The Balaban J connectivity index is -0.00000202. The number of esters is 1. The number of nitrogens with two attached hydrogens (primary N) is 1. The number of Topliss-reactive ketones (excluding diaryl/α,β-unsaturated/α-hetero) is 1. The van der Waals surface area contributed by atoms with Crippen molar-refractivity contribution in [3.05, 3.63) is 25.3 Å². The van der Waals surface area contributed by atoms with Gasteiger partial charge in [-0.15, -0.1) is 13.2 Å². The predicted octanol–water partition coefficient (Wildman–Crippen LogP) is 5.83. The first-order chi connectivity index (χ1) is 28.1. The third-order valence-electron chi connectivity index (χ3n) is 9.82. The molecule has 0 aromatic rings. The number of nitrogens with one attached hydrogen (secondary N) is 3. The summed E-state index contributed by atoms with van der Waals surface area (Å²) in [5.74, 6) is -3.85. The van der Waals surface area contributed by atoms with Crippen LogP contribution in [0.15, 0.2) is 25.3 Å².